The van der Waals surface area contributed by atoms with Crippen molar-refractivity contribution in [1.82, 2.24) is 9.97 Å². The number of nitrogens with two attached hydrogens (primary N) is 1. The van der Waals surface area contributed by atoms with Crippen LogP contribution in [0.4, 0.5) is 4.79 Å². The number of terminal acetylenes is 1. The molecule has 108 valence electrons. The summed E-state index contributed by atoms with van der Waals surface area (Å²) < 4.78 is 5.39. The summed E-state index contributed by atoms with van der Waals surface area (Å²) in [6.45, 7) is 5.65. The maximum Gasteiger partial charge on any atom is 0.406 e. The summed E-state index contributed by atoms with van der Waals surface area (Å²) in [4.78, 5) is 19.7. The molecule has 2 rings (SSSR count). The molecule has 0 saturated carbocycles. The molecule has 21 heavy (non-hydrogen) atoms. The van der Waals surface area contributed by atoms with Crippen molar-refractivity contribution < 1.29 is 9.53 Å². The number of amides is 1. The number of ether oxygens (including phenoxy) is 1. The van der Waals surface area contributed by atoms with Crippen LogP contribution in [0.2, 0.25) is 0 Å². The normalized spacial score (nSPS) is 14.2. The molecule has 0 spiro atoms. The van der Waals surface area contributed by atoms with Crippen LogP contribution >= 0.6 is 0 Å². The second-order valence-electron chi connectivity index (χ2n) is 5.76. The van der Waals surface area contributed by atoms with E-state index in [1.165, 1.54) is 6.33 Å². The van der Waals surface area contributed by atoms with Crippen molar-refractivity contribution >= 4 is 17.0 Å². The van der Waals surface area contributed by atoms with E-state index in [0.717, 1.165) is 5.39 Å². The lowest BCUT2D eigenvalue weighted by molar-refractivity contribution is -0.0218. The molecule has 5 heteroatoms. The number of carbonyl (C=O) groups is 1. The monoisotopic (exact) mass is 283 g/mol. The smallest absolute Gasteiger partial charge is 0.406 e. The number of hydrogen-bond donors (Lipinski definition) is 1. The summed E-state index contributed by atoms with van der Waals surface area (Å²) in [5.41, 5.74) is 4.62. The molecule has 0 bridgehead atoms. The van der Waals surface area contributed by atoms with Crippen molar-refractivity contribution in [2.24, 2.45) is 11.1 Å². The van der Waals surface area contributed by atoms with E-state index < -0.39 is 17.1 Å². The molecule has 0 fully saturated rings. The van der Waals surface area contributed by atoms with E-state index in [2.05, 4.69) is 15.9 Å². The van der Waals surface area contributed by atoms with Crippen LogP contribution in [0.15, 0.2) is 30.7 Å². The molecule has 0 aliphatic carbocycles. The van der Waals surface area contributed by atoms with Gasteiger partial charge in [0.05, 0.1) is 5.52 Å². The van der Waals surface area contributed by atoms with Gasteiger partial charge < -0.3 is 10.5 Å². The molecule has 2 aromatic rings. The van der Waals surface area contributed by atoms with E-state index in [9.17, 15) is 4.79 Å². The summed E-state index contributed by atoms with van der Waals surface area (Å²) in [5, 5.41) is 0.812. The summed E-state index contributed by atoms with van der Waals surface area (Å²) in [5.74, 6) is 2.61. The predicted molar refractivity (Wildman–Crippen MR) is 80.2 cm³/mol. The zero-order chi connectivity index (χ0) is 15.7. The Morgan fingerprint density at radius 2 is 2.10 bits per heavy atom. The summed E-state index contributed by atoms with van der Waals surface area (Å²) >= 11 is 0. The first kappa shape index (κ1) is 14.8. The number of nitrogens with zero attached hydrogens (tertiary/aromatic N) is 2. The first-order valence-corrected chi connectivity index (χ1v) is 6.47. The van der Waals surface area contributed by atoms with Crippen molar-refractivity contribution in [3.05, 3.63) is 36.3 Å². The molecule has 2 N–H and O–H groups in total. The average Bonchev–Trinajstić information content (AvgIpc) is 2.42. The molecular formula is C16H17N3O2. The topological polar surface area (TPSA) is 78.1 Å². The number of aromatic nitrogens is 2. The van der Waals surface area contributed by atoms with E-state index in [4.69, 9.17) is 16.9 Å². The first-order valence-electron chi connectivity index (χ1n) is 6.47. The third-order valence-electron chi connectivity index (χ3n) is 3.43. The fraction of sp³-hybridized carbons (Fsp3) is 0.312. The fourth-order valence-corrected chi connectivity index (χ4v) is 2.39. The highest BCUT2D eigenvalue weighted by Crippen LogP contribution is 2.44. The molecule has 1 heterocycles. The largest absolute Gasteiger partial charge is 0.425 e. The number of carbonyl (C=O) groups excluding carboxylic acids is 1. The highest BCUT2D eigenvalue weighted by molar-refractivity contribution is 5.83. The predicted octanol–water partition coefficient (Wildman–Crippen LogP) is 2.60. The van der Waals surface area contributed by atoms with Crippen LogP contribution < -0.4 is 5.73 Å². The van der Waals surface area contributed by atoms with Gasteiger partial charge in [0, 0.05) is 22.6 Å². The molecule has 1 aromatic carbocycles. The third kappa shape index (κ3) is 2.40. The van der Waals surface area contributed by atoms with Crippen LogP contribution in [-0.4, -0.2) is 16.1 Å². The number of fused-ring (bicyclic) bond motifs is 1. The van der Waals surface area contributed by atoms with Gasteiger partial charge in [0.1, 0.15) is 6.33 Å². The fourth-order valence-electron chi connectivity index (χ4n) is 2.39. The van der Waals surface area contributed by atoms with Gasteiger partial charge in [0.15, 0.2) is 0 Å². The second kappa shape index (κ2) is 5.06. The van der Waals surface area contributed by atoms with Crippen molar-refractivity contribution in [3.63, 3.8) is 0 Å². The van der Waals surface area contributed by atoms with Crippen LogP contribution in [0.25, 0.3) is 10.9 Å². The minimum absolute atomic E-state index is 0.573. The van der Waals surface area contributed by atoms with Gasteiger partial charge >= 0.3 is 6.09 Å². The van der Waals surface area contributed by atoms with Crippen molar-refractivity contribution in [2.75, 3.05) is 0 Å². The third-order valence-corrected chi connectivity index (χ3v) is 3.43. The van der Waals surface area contributed by atoms with Gasteiger partial charge in [-0.2, -0.15) is 0 Å². The lowest BCUT2D eigenvalue weighted by Crippen LogP contribution is -2.44. The number of rotatable bonds is 2. The molecule has 5 nitrogen and oxygen atoms in total. The number of para-hydroxylation sites is 1. The summed E-state index contributed by atoms with van der Waals surface area (Å²) in [6.07, 6.45) is 7.93. The van der Waals surface area contributed by atoms with Gasteiger partial charge in [0.2, 0.25) is 5.60 Å². The standard InChI is InChI=1S/C16H17N3O2/c1-5-16(15(2,3)4,21-14(17)20)12-8-6-7-11-9-18-10-19-13(11)12/h1,6-10H,2-4H3,(H2,17,20). The lowest BCUT2D eigenvalue weighted by atomic mass is 9.72. The first-order chi connectivity index (χ1) is 9.82. The van der Waals surface area contributed by atoms with E-state index in [0.29, 0.717) is 11.1 Å². The number of benzene rings is 1. The van der Waals surface area contributed by atoms with Crippen LogP contribution in [0.1, 0.15) is 26.3 Å². The van der Waals surface area contributed by atoms with Crippen LogP contribution in [0.5, 0.6) is 0 Å². The van der Waals surface area contributed by atoms with E-state index in [1.54, 1.807) is 12.3 Å². The Bertz CT molecular complexity index is 723. The Balaban J connectivity index is 2.82. The minimum Gasteiger partial charge on any atom is -0.425 e. The maximum atomic E-state index is 11.4. The Morgan fingerprint density at radius 3 is 2.67 bits per heavy atom. The van der Waals surface area contributed by atoms with Gasteiger partial charge in [-0.15, -0.1) is 6.42 Å². The van der Waals surface area contributed by atoms with Gasteiger partial charge in [-0.3, -0.25) is 0 Å². The van der Waals surface area contributed by atoms with Gasteiger partial charge in [-0.25, -0.2) is 14.8 Å². The zero-order valence-corrected chi connectivity index (χ0v) is 12.3. The van der Waals surface area contributed by atoms with Crippen LogP contribution in [0, 0.1) is 17.8 Å². The Morgan fingerprint density at radius 1 is 1.38 bits per heavy atom. The molecule has 1 unspecified atom stereocenters. The lowest BCUT2D eigenvalue weighted by Gasteiger charge is -2.39. The SMILES string of the molecule is C#CC(OC(N)=O)(c1cccc2cncnc12)C(C)(C)C. The summed E-state index contributed by atoms with van der Waals surface area (Å²) in [6, 6.07) is 5.49. The van der Waals surface area contributed by atoms with Crippen molar-refractivity contribution in [3.8, 4) is 12.3 Å². The highest BCUT2D eigenvalue weighted by Gasteiger charge is 2.47. The van der Waals surface area contributed by atoms with Crippen molar-refractivity contribution in [1.29, 1.82) is 0 Å². The molecular weight excluding hydrogens is 266 g/mol. The number of hydrogen-bond acceptors (Lipinski definition) is 4. The Labute approximate surface area is 123 Å². The van der Waals surface area contributed by atoms with Gasteiger partial charge in [0.25, 0.3) is 0 Å². The molecule has 1 atom stereocenters. The second-order valence-corrected chi connectivity index (χ2v) is 5.76. The van der Waals surface area contributed by atoms with Gasteiger partial charge in [-0.05, 0) is 0 Å². The molecule has 0 saturated heterocycles. The average molecular weight is 283 g/mol. The molecule has 0 aliphatic heterocycles. The van der Waals surface area contributed by atoms with E-state index >= 15 is 0 Å². The Hall–Kier alpha value is -2.61. The highest BCUT2D eigenvalue weighted by atomic mass is 16.6. The van der Waals surface area contributed by atoms with E-state index in [-0.39, 0.29) is 0 Å². The Kier molecular flexibility index (Phi) is 3.56. The van der Waals surface area contributed by atoms with Crippen LogP contribution in [0.3, 0.4) is 0 Å². The molecule has 0 radical (unpaired) electrons. The molecule has 0 aliphatic rings. The number of primary amides is 1. The molecule has 1 aromatic heterocycles. The van der Waals surface area contributed by atoms with E-state index in [1.807, 2.05) is 32.9 Å². The summed E-state index contributed by atoms with van der Waals surface area (Å²) in [7, 11) is 0. The minimum atomic E-state index is -1.31. The molecule has 1 amide bonds. The van der Waals surface area contributed by atoms with Gasteiger partial charge in [-0.1, -0.05) is 44.9 Å². The van der Waals surface area contributed by atoms with Crippen molar-refractivity contribution in [2.45, 2.75) is 26.4 Å². The zero-order valence-electron chi connectivity index (χ0n) is 12.3. The van der Waals surface area contributed by atoms with Crippen LogP contribution in [-0.2, 0) is 10.3 Å². The quantitative estimate of drug-likeness (QED) is 0.859. The maximum absolute atomic E-state index is 11.4.